The molecule has 3 rings (SSSR count). The molecule has 0 aliphatic carbocycles. The van der Waals surface area contributed by atoms with Crippen molar-refractivity contribution in [2.45, 2.75) is 13.8 Å². The first-order chi connectivity index (χ1) is 12.0. The molecule has 3 aromatic rings. The van der Waals surface area contributed by atoms with E-state index in [0.717, 1.165) is 27.6 Å². The molecule has 0 radical (unpaired) electrons. The summed E-state index contributed by atoms with van der Waals surface area (Å²) in [6, 6.07) is 15.1. The van der Waals surface area contributed by atoms with E-state index in [-0.39, 0.29) is 5.91 Å². The van der Waals surface area contributed by atoms with Crippen LogP contribution < -0.4 is 10.9 Å². The van der Waals surface area contributed by atoms with Crippen molar-refractivity contribution in [2.24, 2.45) is 0 Å². The minimum atomic E-state index is -0.394. The molecule has 0 spiro atoms. The first-order valence-electron chi connectivity index (χ1n) is 8.04. The lowest BCUT2D eigenvalue weighted by atomic mass is 9.97. The van der Waals surface area contributed by atoms with E-state index in [1.54, 1.807) is 26.1 Å². The molecule has 0 bridgehead atoms. The standard InChI is InChI=1S/C21H19NO3/c1-13-6-4-5-7-16(13)18-12-20(23)25-19-11-15(8-9-17(18)19)10-14(2)21(24)22-3/h4-12H,1-3H3,(H,22,24). The van der Waals surface area contributed by atoms with Crippen LogP contribution >= 0.6 is 0 Å². The average Bonchev–Trinajstić information content (AvgIpc) is 2.60. The van der Waals surface area contributed by atoms with Crippen LogP contribution in [0.25, 0.3) is 28.2 Å². The van der Waals surface area contributed by atoms with Gasteiger partial charge in [-0.2, -0.15) is 0 Å². The van der Waals surface area contributed by atoms with E-state index in [2.05, 4.69) is 5.32 Å². The largest absolute Gasteiger partial charge is 0.423 e. The second kappa shape index (κ2) is 6.77. The van der Waals surface area contributed by atoms with Gasteiger partial charge < -0.3 is 9.73 Å². The smallest absolute Gasteiger partial charge is 0.336 e. The molecule has 0 saturated carbocycles. The summed E-state index contributed by atoms with van der Waals surface area (Å²) in [7, 11) is 1.59. The quantitative estimate of drug-likeness (QED) is 0.584. The first kappa shape index (κ1) is 16.7. The van der Waals surface area contributed by atoms with Crippen LogP contribution in [0.1, 0.15) is 18.1 Å². The van der Waals surface area contributed by atoms with Gasteiger partial charge >= 0.3 is 5.63 Å². The maximum atomic E-state index is 12.0. The lowest BCUT2D eigenvalue weighted by molar-refractivity contribution is -0.116. The lowest BCUT2D eigenvalue weighted by Crippen LogP contribution is -2.18. The Bertz CT molecular complexity index is 1040. The number of likely N-dealkylation sites (N-methyl/N-ethyl adjacent to an activating group) is 1. The first-order valence-corrected chi connectivity index (χ1v) is 8.04. The van der Waals surface area contributed by atoms with E-state index in [1.165, 1.54) is 6.07 Å². The van der Waals surface area contributed by atoms with Gasteiger partial charge in [-0.15, -0.1) is 0 Å². The highest BCUT2D eigenvalue weighted by molar-refractivity contribution is 5.98. The van der Waals surface area contributed by atoms with Gasteiger partial charge in [-0.05, 0) is 42.7 Å². The molecule has 1 amide bonds. The minimum Gasteiger partial charge on any atom is -0.423 e. The molecular formula is C21H19NO3. The summed E-state index contributed by atoms with van der Waals surface area (Å²) >= 11 is 0. The number of nitrogens with one attached hydrogen (secondary N) is 1. The Balaban J connectivity index is 2.19. The number of carbonyl (C=O) groups excluding carboxylic acids is 1. The number of rotatable bonds is 3. The maximum Gasteiger partial charge on any atom is 0.336 e. The fraction of sp³-hybridized carbons (Fsp3) is 0.143. The van der Waals surface area contributed by atoms with Crippen LogP contribution in [0.15, 0.2) is 63.3 Å². The highest BCUT2D eigenvalue weighted by Crippen LogP contribution is 2.30. The van der Waals surface area contributed by atoms with Gasteiger partial charge in [0.1, 0.15) is 5.58 Å². The predicted octanol–water partition coefficient (Wildman–Crippen LogP) is 3.92. The second-order valence-corrected chi connectivity index (χ2v) is 5.96. The Morgan fingerprint density at radius 1 is 1.08 bits per heavy atom. The summed E-state index contributed by atoms with van der Waals surface area (Å²) in [6.07, 6.45) is 1.76. The van der Waals surface area contributed by atoms with Gasteiger partial charge in [0.25, 0.3) is 0 Å². The van der Waals surface area contributed by atoms with E-state index in [9.17, 15) is 9.59 Å². The second-order valence-electron chi connectivity index (χ2n) is 5.96. The molecule has 1 N–H and O–H groups in total. The summed E-state index contributed by atoms with van der Waals surface area (Å²) in [6.45, 7) is 3.75. The van der Waals surface area contributed by atoms with E-state index < -0.39 is 5.63 Å². The molecule has 0 saturated heterocycles. The number of aryl methyl sites for hydroxylation is 1. The van der Waals surface area contributed by atoms with Gasteiger partial charge in [-0.1, -0.05) is 36.4 Å². The zero-order chi connectivity index (χ0) is 18.0. The molecule has 0 fully saturated rings. The van der Waals surface area contributed by atoms with E-state index >= 15 is 0 Å². The highest BCUT2D eigenvalue weighted by Gasteiger charge is 2.10. The SMILES string of the molecule is CNC(=O)C(C)=Cc1ccc2c(-c3ccccc3C)cc(=O)oc2c1. The normalized spacial score (nSPS) is 11.6. The van der Waals surface area contributed by atoms with Crippen molar-refractivity contribution in [1.82, 2.24) is 5.32 Å². The van der Waals surface area contributed by atoms with Gasteiger partial charge in [0, 0.05) is 29.6 Å². The van der Waals surface area contributed by atoms with Crippen molar-refractivity contribution in [3.8, 4) is 11.1 Å². The van der Waals surface area contributed by atoms with Crippen LogP contribution in [0, 0.1) is 6.92 Å². The molecular weight excluding hydrogens is 314 g/mol. The minimum absolute atomic E-state index is 0.143. The van der Waals surface area contributed by atoms with Gasteiger partial charge in [-0.3, -0.25) is 4.79 Å². The van der Waals surface area contributed by atoms with Crippen molar-refractivity contribution in [2.75, 3.05) is 7.05 Å². The highest BCUT2D eigenvalue weighted by atomic mass is 16.4. The van der Waals surface area contributed by atoms with Crippen molar-refractivity contribution in [3.05, 3.63) is 75.7 Å². The number of hydrogen-bond donors (Lipinski definition) is 1. The Morgan fingerprint density at radius 3 is 2.56 bits per heavy atom. The van der Waals surface area contributed by atoms with Gasteiger partial charge in [-0.25, -0.2) is 4.79 Å². The molecule has 2 aromatic carbocycles. The molecule has 0 aliphatic heterocycles. The average molecular weight is 333 g/mol. The van der Waals surface area contributed by atoms with Gasteiger partial charge in [0.15, 0.2) is 0 Å². The molecule has 0 unspecified atom stereocenters. The number of amides is 1. The molecule has 4 nitrogen and oxygen atoms in total. The van der Waals surface area contributed by atoms with Crippen LogP contribution in [-0.4, -0.2) is 13.0 Å². The van der Waals surface area contributed by atoms with E-state index in [1.807, 2.05) is 43.3 Å². The predicted molar refractivity (Wildman–Crippen MR) is 100 cm³/mol. The fourth-order valence-corrected chi connectivity index (χ4v) is 2.88. The van der Waals surface area contributed by atoms with Crippen LogP contribution in [0.3, 0.4) is 0 Å². The maximum absolute atomic E-state index is 12.0. The monoisotopic (exact) mass is 333 g/mol. The number of benzene rings is 2. The van der Waals surface area contributed by atoms with Crippen molar-refractivity contribution >= 4 is 23.0 Å². The Hall–Kier alpha value is -3.14. The van der Waals surface area contributed by atoms with Crippen molar-refractivity contribution in [1.29, 1.82) is 0 Å². The van der Waals surface area contributed by atoms with Crippen LogP contribution in [0.5, 0.6) is 0 Å². The third-order valence-corrected chi connectivity index (χ3v) is 4.17. The zero-order valence-corrected chi connectivity index (χ0v) is 14.4. The van der Waals surface area contributed by atoms with Crippen molar-refractivity contribution in [3.63, 3.8) is 0 Å². The molecule has 0 atom stereocenters. The third kappa shape index (κ3) is 3.38. The molecule has 4 heteroatoms. The van der Waals surface area contributed by atoms with Gasteiger partial charge in [0.05, 0.1) is 0 Å². The molecule has 25 heavy (non-hydrogen) atoms. The Morgan fingerprint density at radius 2 is 1.84 bits per heavy atom. The van der Waals surface area contributed by atoms with E-state index in [4.69, 9.17) is 4.42 Å². The summed E-state index contributed by atoms with van der Waals surface area (Å²) in [5, 5.41) is 3.45. The number of carbonyl (C=O) groups is 1. The van der Waals surface area contributed by atoms with E-state index in [0.29, 0.717) is 11.2 Å². The molecule has 126 valence electrons. The van der Waals surface area contributed by atoms with Crippen LogP contribution in [0.2, 0.25) is 0 Å². The summed E-state index contributed by atoms with van der Waals surface area (Å²) < 4.78 is 5.39. The van der Waals surface area contributed by atoms with Gasteiger partial charge in [0.2, 0.25) is 5.91 Å². The lowest BCUT2D eigenvalue weighted by Gasteiger charge is -2.09. The summed E-state index contributed by atoms with van der Waals surface area (Å²) in [5.41, 5.74) is 4.44. The topological polar surface area (TPSA) is 59.3 Å². The molecule has 0 aliphatic rings. The third-order valence-electron chi connectivity index (χ3n) is 4.17. The van der Waals surface area contributed by atoms with Crippen LogP contribution in [-0.2, 0) is 4.79 Å². The number of fused-ring (bicyclic) bond motifs is 1. The fourth-order valence-electron chi connectivity index (χ4n) is 2.88. The zero-order valence-electron chi connectivity index (χ0n) is 14.4. The van der Waals surface area contributed by atoms with Crippen LogP contribution in [0.4, 0.5) is 0 Å². The number of hydrogen-bond acceptors (Lipinski definition) is 3. The Kier molecular flexibility index (Phi) is 4.52. The van der Waals surface area contributed by atoms with Crippen molar-refractivity contribution < 1.29 is 9.21 Å². The summed E-state index contributed by atoms with van der Waals surface area (Å²) in [4.78, 5) is 23.7. The Labute approximate surface area is 145 Å². The molecule has 1 aromatic heterocycles. The molecule has 1 heterocycles. The summed E-state index contributed by atoms with van der Waals surface area (Å²) in [5.74, 6) is -0.143.